The van der Waals surface area contributed by atoms with E-state index in [2.05, 4.69) is 80.4 Å². The van der Waals surface area contributed by atoms with E-state index in [1.165, 1.54) is 31.4 Å². The van der Waals surface area contributed by atoms with Crippen LogP contribution in [0.2, 0.25) is 0 Å². The van der Waals surface area contributed by atoms with Gasteiger partial charge < -0.3 is 18.7 Å². The molecule has 6 rings (SSSR count). The third kappa shape index (κ3) is 4.11. The van der Waals surface area contributed by atoms with Crippen molar-refractivity contribution >= 4 is 16.8 Å². The van der Waals surface area contributed by atoms with Crippen LogP contribution in [0.25, 0.3) is 11.0 Å². The zero-order valence-corrected chi connectivity index (χ0v) is 18.8. The molecular weight excluding hydrogens is 412 g/mol. The van der Waals surface area contributed by atoms with Crippen LogP contribution in [0.3, 0.4) is 0 Å². The van der Waals surface area contributed by atoms with Crippen molar-refractivity contribution in [3.8, 4) is 5.75 Å². The molecule has 0 bridgehead atoms. The summed E-state index contributed by atoms with van der Waals surface area (Å²) >= 11 is 0. The third-order valence-electron chi connectivity index (χ3n) is 7.12. The second-order valence-corrected chi connectivity index (χ2v) is 9.18. The number of rotatable bonds is 6. The molecule has 2 saturated heterocycles. The number of ether oxygens (including phenoxy) is 1. The van der Waals surface area contributed by atoms with Crippen molar-refractivity contribution in [2.75, 3.05) is 31.1 Å². The molecule has 2 atom stereocenters. The summed E-state index contributed by atoms with van der Waals surface area (Å²) in [7, 11) is 0. The van der Waals surface area contributed by atoms with E-state index in [1.54, 1.807) is 0 Å². The van der Waals surface area contributed by atoms with Gasteiger partial charge in [-0.15, -0.1) is 0 Å². The van der Waals surface area contributed by atoms with Gasteiger partial charge in [0.1, 0.15) is 12.4 Å². The molecule has 0 amide bonds. The average molecular weight is 443 g/mol. The standard InChI is InChI=1S/C27H30N4O2/c1-2-12-26-23(10-1)27(28-33-26)31-17-16-30-15-4-3-11-24(30)25(31)20-32-22-9-7-8-21(18-22)19-29-13-5-6-14-29/h1-2,5-10,12-14,18,24-25H,3-4,11,15-17,19-20H2. The molecule has 2 aliphatic rings. The molecule has 33 heavy (non-hydrogen) atoms. The van der Waals surface area contributed by atoms with Crippen LogP contribution in [0.15, 0.2) is 77.6 Å². The van der Waals surface area contributed by atoms with E-state index >= 15 is 0 Å². The smallest absolute Gasteiger partial charge is 0.180 e. The zero-order chi connectivity index (χ0) is 22.0. The lowest BCUT2D eigenvalue weighted by Gasteiger charge is -2.49. The lowest BCUT2D eigenvalue weighted by molar-refractivity contribution is 0.0790. The monoisotopic (exact) mass is 442 g/mol. The summed E-state index contributed by atoms with van der Waals surface area (Å²) in [6.45, 7) is 4.67. The van der Waals surface area contributed by atoms with Gasteiger partial charge >= 0.3 is 0 Å². The van der Waals surface area contributed by atoms with E-state index in [4.69, 9.17) is 9.26 Å². The Kier molecular flexibility index (Phi) is 5.52. The first kappa shape index (κ1) is 20.4. The molecule has 2 unspecified atom stereocenters. The Morgan fingerprint density at radius 1 is 0.939 bits per heavy atom. The van der Waals surface area contributed by atoms with Gasteiger partial charge in [-0.3, -0.25) is 4.90 Å². The molecule has 6 nitrogen and oxygen atoms in total. The van der Waals surface area contributed by atoms with E-state index in [0.29, 0.717) is 12.6 Å². The maximum atomic E-state index is 6.46. The number of para-hydroxylation sites is 1. The molecular formula is C27H30N4O2. The molecule has 0 N–H and O–H groups in total. The Hall–Kier alpha value is -3.25. The number of hydrogen-bond acceptors (Lipinski definition) is 5. The van der Waals surface area contributed by atoms with Crippen LogP contribution in [-0.2, 0) is 6.54 Å². The Labute approximate surface area is 194 Å². The lowest BCUT2D eigenvalue weighted by Crippen LogP contribution is -2.63. The second kappa shape index (κ2) is 8.94. The van der Waals surface area contributed by atoms with Crippen LogP contribution >= 0.6 is 0 Å². The maximum absolute atomic E-state index is 6.46. The topological polar surface area (TPSA) is 46.7 Å². The van der Waals surface area contributed by atoms with Gasteiger partial charge in [0.25, 0.3) is 0 Å². The number of fused-ring (bicyclic) bond motifs is 2. The Morgan fingerprint density at radius 3 is 2.79 bits per heavy atom. The Morgan fingerprint density at radius 2 is 1.85 bits per heavy atom. The molecule has 4 aromatic rings. The first-order valence-corrected chi connectivity index (χ1v) is 12.0. The summed E-state index contributed by atoms with van der Waals surface area (Å²) in [5.74, 6) is 1.88. The first-order valence-electron chi connectivity index (χ1n) is 12.0. The van der Waals surface area contributed by atoms with Crippen LogP contribution in [0.4, 0.5) is 5.82 Å². The van der Waals surface area contributed by atoms with Crippen molar-refractivity contribution in [1.82, 2.24) is 14.6 Å². The summed E-state index contributed by atoms with van der Waals surface area (Å²) in [4.78, 5) is 5.08. The lowest BCUT2D eigenvalue weighted by atomic mass is 9.92. The molecule has 2 aromatic heterocycles. The summed E-state index contributed by atoms with van der Waals surface area (Å²) in [6, 6.07) is 21.5. The predicted octanol–water partition coefficient (Wildman–Crippen LogP) is 4.80. The van der Waals surface area contributed by atoms with Gasteiger partial charge in [-0.05, 0) is 61.3 Å². The molecule has 4 heterocycles. The minimum Gasteiger partial charge on any atom is -0.491 e. The molecule has 0 spiro atoms. The number of piperazine rings is 1. The van der Waals surface area contributed by atoms with Crippen molar-refractivity contribution in [2.45, 2.75) is 37.9 Å². The van der Waals surface area contributed by atoms with Crippen molar-refractivity contribution in [2.24, 2.45) is 0 Å². The highest BCUT2D eigenvalue weighted by molar-refractivity contribution is 5.88. The average Bonchev–Trinajstić information content (AvgIpc) is 3.53. The molecule has 0 saturated carbocycles. The van der Waals surface area contributed by atoms with Crippen LogP contribution in [-0.4, -0.2) is 52.9 Å². The van der Waals surface area contributed by atoms with Gasteiger partial charge in [-0.2, -0.15) is 0 Å². The predicted molar refractivity (Wildman–Crippen MR) is 130 cm³/mol. The number of nitrogens with zero attached hydrogens (tertiary/aromatic N) is 4. The highest BCUT2D eigenvalue weighted by Crippen LogP contribution is 2.34. The molecule has 2 fully saturated rings. The van der Waals surface area contributed by atoms with Crippen LogP contribution < -0.4 is 9.64 Å². The summed E-state index contributed by atoms with van der Waals surface area (Å²) in [6.07, 6.45) is 7.95. The Bertz CT molecular complexity index is 1200. The van der Waals surface area contributed by atoms with Crippen molar-refractivity contribution in [1.29, 1.82) is 0 Å². The fourth-order valence-electron chi connectivity index (χ4n) is 5.49. The molecule has 0 radical (unpaired) electrons. The van der Waals surface area contributed by atoms with E-state index in [-0.39, 0.29) is 6.04 Å². The largest absolute Gasteiger partial charge is 0.491 e. The van der Waals surface area contributed by atoms with E-state index in [0.717, 1.165) is 42.2 Å². The Balaban J connectivity index is 1.25. The SMILES string of the molecule is c1cc(Cn2cccc2)cc(OCC2C3CCCCN3CCN2c2noc3ccccc23)c1. The van der Waals surface area contributed by atoms with Crippen molar-refractivity contribution in [3.05, 3.63) is 78.6 Å². The molecule has 0 aliphatic carbocycles. The maximum Gasteiger partial charge on any atom is 0.180 e. The quantitative estimate of drug-likeness (QED) is 0.429. The van der Waals surface area contributed by atoms with E-state index in [9.17, 15) is 0 Å². The first-order chi connectivity index (χ1) is 16.3. The third-order valence-corrected chi connectivity index (χ3v) is 7.12. The molecule has 6 heteroatoms. The number of benzene rings is 2. The highest BCUT2D eigenvalue weighted by Gasteiger charge is 2.39. The van der Waals surface area contributed by atoms with Crippen LogP contribution in [0.5, 0.6) is 5.75 Å². The highest BCUT2D eigenvalue weighted by atomic mass is 16.5. The molecule has 170 valence electrons. The fourth-order valence-corrected chi connectivity index (χ4v) is 5.49. The van der Waals surface area contributed by atoms with Gasteiger partial charge in [-0.25, -0.2) is 0 Å². The minimum atomic E-state index is 0.237. The van der Waals surface area contributed by atoms with Gasteiger partial charge in [0.2, 0.25) is 0 Å². The van der Waals surface area contributed by atoms with E-state index in [1.807, 2.05) is 12.1 Å². The van der Waals surface area contributed by atoms with Gasteiger partial charge in [0, 0.05) is 38.1 Å². The zero-order valence-electron chi connectivity index (χ0n) is 18.8. The van der Waals surface area contributed by atoms with Crippen LogP contribution in [0.1, 0.15) is 24.8 Å². The summed E-state index contributed by atoms with van der Waals surface area (Å²) in [5.41, 5.74) is 2.09. The number of anilines is 1. The number of hydrogen-bond donors (Lipinski definition) is 0. The minimum absolute atomic E-state index is 0.237. The molecule has 2 aliphatic heterocycles. The number of piperidine rings is 1. The normalized spacial score (nSPS) is 21.3. The number of aromatic nitrogens is 2. The summed E-state index contributed by atoms with van der Waals surface area (Å²) in [5, 5.41) is 5.58. The summed E-state index contributed by atoms with van der Waals surface area (Å²) < 4.78 is 14.3. The van der Waals surface area contributed by atoms with Gasteiger partial charge in [0.05, 0.1) is 11.4 Å². The van der Waals surface area contributed by atoms with Crippen LogP contribution in [0, 0.1) is 0 Å². The van der Waals surface area contributed by atoms with E-state index < -0.39 is 0 Å². The van der Waals surface area contributed by atoms with Gasteiger partial charge in [-0.1, -0.05) is 35.8 Å². The van der Waals surface area contributed by atoms with Crippen molar-refractivity contribution < 1.29 is 9.26 Å². The second-order valence-electron chi connectivity index (χ2n) is 9.18. The molecule has 2 aromatic carbocycles. The van der Waals surface area contributed by atoms with Crippen molar-refractivity contribution in [3.63, 3.8) is 0 Å². The van der Waals surface area contributed by atoms with Gasteiger partial charge in [0.15, 0.2) is 11.4 Å². The fraction of sp³-hybridized carbons (Fsp3) is 0.370.